The normalized spacial score (nSPS) is 11.1. The second-order valence-corrected chi connectivity index (χ2v) is 6.31. The van der Waals surface area contributed by atoms with Crippen molar-refractivity contribution in [1.82, 2.24) is 4.98 Å². The number of para-hydroxylation sites is 1. The number of esters is 1. The molecule has 2 aromatic carbocycles. The number of aromatic nitrogens is 1. The molecule has 0 amide bonds. The molecule has 30 heavy (non-hydrogen) atoms. The highest BCUT2D eigenvalue weighted by Crippen LogP contribution is 2.30. The number of carbonyl (C=O) groups excluding carboxylic acids is 1. The second kappa shape index (κ2) is 9.30. The van der Waals surface area contributed by atoms with Crippen molar-refractivity contribution >= 4 is 17.3 Å². The number of hydrogen-bond acceptors (Lipinski definition) is 5. The summed E-state index contributed by atoms with van der Waals surface area (Å²) in [5.74, 6) is 0.337. The first-order chi connectivity index (χ1) is 14.4. The zero-order valence-corrected chi connectivity index (χ0v) is 16.1. The van der Waals surface area contributed by atoms with Gasteiger partial charge in [0.2, 0.25) is 0 Å². The number of hydrogen-bond donors (Lipinski definition) is 1. The summed E-state index contributed by atoms with van der Waals surface area (Å²) in [5.41, 5.74) is -0.396. The van der Waals surface area contributed by atoms with Crippen LogP contribution in [-0.4, -0.2) is 17.6 Å². The molecule has 156 valence electrons. The lowest BCUT2D eigenvalue weighted by Gasteiger charge is -2.13. The number of pyridine rings is 1. The molecule has 0 spiro atoms. The molecule has 0 unspecified atom stereocenters. The number of anilines is 2. The van der Waals surface area contributed by atoms with Gasteiger partial charge in [-0.1, -0.05) is 19.1 Å². The number of nitrogens with one attached hydrogen (secondary N) is 1. The monoisotopic (exact) mass is 416 g/mol. The average molecular weight is 416 g/mol. The lowest BCUT2D eigenvalue weighted by molar-refractivity contribution is -0.141. The summed E-state index contributed by atoms with van der Waals surface area (Å²) in [7, 11) is 0. The van der Waals surface area contributed by atoms with Crippen molar-refractivity contribution in [1.29, 1.82) is 0 Å². The van der Waals surface area contributed by atoms with Crippen molar-refractivity contribution < 1.29 is 27.4 Å². The molecule has 0 fully saturated rings. The highest BCUT2D eigenvalue weighted by atomic mass is 19.4. The molecule has 1 aromatic heterocycles. The number of nitrogens with zero attached hydrogens (tertiary/aromatic N) is 1. The molecule has 5 nitrogen and oxygen atoms in total. The molecule has 1 N–H and O–H groups in total. The summed E-state index contributed by atoms with van der Waals surface area (Å²) in [6.45, 7) is 2.58. The van der Waals surface area contributed by atoms with Crippen LogP contribution in [-0.2, 0) is 6.18 Å². The summed E-state index contributed by atoms with van der Waals surface area (Å²) in [5, 5.41) is 2.82. The number of rotatable bonds is 7. The van der Waals surface area contributed by atoms with Gasteiger partial charge in [-0.2, -0.15) is 13.2 Å². The number of carbonyl (C=O) groups is 1. The standard InChI is InChI=1S/C22H19F3N2O3/c1-2-13-29-16-7-9-17(10-8-16)30-21(28)18-5-3-4-6-19(18)27-15-11-12-26-20(14-15)22(23,24)25/h3-12,14H,2,13H2,1H3,(H,26,27). The molecule has 0 bridgehead atoms. The molecule has 0 atom stereocenters. The van der Waals surface area contributed by atoms with Crippen molar-refractivity contribution in [2.45, 2.75) is 19.5 Å². The largest absolute Gasteiger partial charge is 0.494 e. The Morgan fingerprint density at radius 2 is 1.73 bits per heavy atom. The average Bonchev–Trinajstić information content (AvgIpc) is 2.73. The molecular formula is C22H19F3N2O3. The zero-order chi connectivity index (χ0) is 21.6. The predicted octanol–water partition coefficient (Wildman–Crippen LogP) is 5.85. The molecule has 0 aliphatic carbocycles. The summed E-state index contributed by atoms with van der Waals surface area (Å²) in [6.07, 6.45) is -2.64. The quantitative estimate of drug-likeness (QED) is 0.387. The second-order valence-electron chi connectivity index (χ2n) is 6.31. The number of ether oxygens (including phenoxy) is 2. The summed E-state index contributed by atoms with van der Waals surface area (Å²) in [4.78, 5) is 15.9. The lowest BCUT2D eigenvalue weighted by Crippen LogP contribution is -2.12. The minimum atomic E-state index is -4.57. The first kappa shape index (κ1) is 21.2. The Morgan fingerprint density at radius 3 is 2.43 bits per heavy atom. The number of halogens is 3. The van der Waals surface area contributed by atoms with E-state index in [0.29, 0.717) is 23.8 Å². The molecule has 0 radical (unpaired) electrons. The van der Waals surface area contributed by atoms with Gasteiger partial charge in [-0.25, -0.2) is 4.79 Å². The third-order valence-electron chi connectivity index (χ3n) is 3.98. The first-order valence-corrected chi connectivity index (χ1v) is 9.21. The van der Waals surface area contributed by atoms with E-state index in [2.05, 4.69) is 10.3 Å². The number of benzene rings is 2. The molecule has 3 aromatic rings. The van der Waals surface area contributed by atoms with Gasteiger partial charge in [0.1, 0.15) is 17.2 Å². The zero-order valence-electron chi connectivity index (χ0n) is 16.1. The lowest BCUT2D eigenvalue weighted by atomic mass is 10.1. The smallest absolute Gasteiger partial charge is 0.433 e. The van der Waals surface area contributed by atoms with Gasteiger partial charge in [-0.05, 0) is 55.0 Å². The van der Waals surface area contributed by atoms with Crippen LogP contribution in [0.2, 0.25) is 0 Å². The minimum absolute atomic E-state index is 0.148. The highest BCUT2D eigenvalue weighted by molar-refractivity contribution is 5.97. The molecular weight excluding hydrogens is 397 g/mol. The fraction of sp³-hybridized carbons (Fsp3) is 0.182. The Labute approximate surface area is 171 Å². The van der Waals surface area contributed by atoms with Gasteiger partial charge in [0.25, 0.3) is 0 Å². The predicted molar refractivity (Wildman–Crippen MR) is 106 cm³/mol. The van der Waals surface area contributed by atoms with E-state index in [0.717, 1.165) is 18.7 Å². The Kier molecular flexibility index (Phi) is 6.56. The first-order valence-electron chi connectivity index (χ1n) is 9.21. The van der Waals surface area contributed by atoms with Crippen LogP contribution in [0.4, 0.5) is 24.5 Å². The van der Waals surface area contributed by atoms with Crippen LogP contribution in [0.1, 0.15) is 29.4 Å². The fourth-order valence-corrected chi connectivity index (χ4v) is 2.57. The Hall–Kier alpha value is -3.55. The van der Waals surface area contributed by atoms with E-state index in [-0.39, 0.29) is 11.3 Å². The van der Waals surface area contributed by atoms with Crippen LogP contribution in [0.25, 0.3) is 0 Å². The third-order valence-corrected chi connectivity index (χ3v) is 3.98. The van der Waals surface area contributed by atoms with E-state index >= 15 is 0 Å². The molecule has 3 rings (SSSR count). The van der Waals surface area contributed by atoms with E-state index in [1.807, 2.05) is 6.92 Å². The maximum atomic E-state index is 12.9. The van der Waals surface area contributed by atoms with Gasteiger partial charge in [0.05, 0.1) is 17.9 Å². The highest BCUT2D eigenvalue weighted by Gasteiger charge is 2.32. The van der Waals surface area contributed by atoms with Crippen LogP contribution in [0, 0.1) is 0 Å². The van der Waals surface area contributed by atoms with Crippen LogP contribution >= 0.6 is 0 Å². The summed E-state index contributed by atoms with van der Waals surface area (Å²) < 4.78 is 49.5. The Morgan fingerprint density at radius 1 is 1.03 bits per heavy atom. The molecule has 0 aliphatic heterocycles. The number of alkyl halides is 3. The molecule has 0 saturated heterocycles. The van der Waals surface area contributed by atoms with E-state index < -0.39 is 17.8 Å². The van der Waals surface area contributed by atoms with Gasteiger partial charge >= 0.3 is 12.1 Å². The third kappa shape index (κ3) is 5.50. The van der Waals surface area contributed by atoms with Crippen LogP contribution < -0.4 is 14.8 Å². The van der Waals surface area contributed by atoms with Gasteiger partial charge in [-0.15, -0.1) is 0 Å². The van der Waals surface area contributed by atoms with Crippen molar-refractivity contribution in [3.8, 4) is 11.5 Å². The maximum Gasteiger partial charge on any atom is 0.433 e. The van der Waals surface area contributed by atoms with Crippen molar-refractivity contribution in [2.75, 3.05) is 11.9 Å². The fourth-order valence-electron chi connectivity index (χ4n) is 2.57. The van der Waals surface area contributed by atoms with Gasteiger partial charge in [0, 0.05) is 11.9 Å². The van der Waals surface area contributed by atoms with E-state index in [4.69, 9.17) is 9.47 Å². The molecule has 0 saturated carbocycles. The molecule has 8 heteroatoms. The van der Waals surface area contributed by atoms with Gasteiger partial charge in [0.15, 0.2) is 0 Å². The Bertz CT molecular complexity index is 1010. The SMILES string of the molecule is CCCOc1ccc(OC(=O)c2ccccc2Nc2ccnc(C(F)(F)F)c2)cc1. The van der Waals surface area contributed by atoms with Crippen molar-refractivity contribution in [3.63, 3.8) is 0 Å². The van der Waals surface area contributed by atoms with E-state index in [1.165, 1.54) is 12.1 Å². The molecule has 1 heterocycles. The van der Waals surface area contributed by atoms with Gasteiger partial charge in [-0.3, -0.25) is 4.98 Å². The van der Waals surface area contributed by atoms with Crippen molar-refractivity contribution in [3.05, 3.63) is 78.1 Å². The van der Waals surface area contributed by atoms with Gasteiger partial charge < -0.3 is 14.8 Å². The molecule has 0 aliphatic rings. The topological polar surface area (TPSA) is 60.5 Å². The van der Waals surface area contributed by atoms with Crippen LogP contribution in [0.3, 0.4) is 0 Å². The maximum absolute atomic E-state index is 12.9. The Balaban J connectivity index is 1.75. The van der Waals surface area contributed by atoms with E-state index in [9.17, 15) is 18.0 Å². The summed E-state index contributed by atoms with van der Waals surface area (Å²) >= 11 is 0. The minimum Gasteiger partial charge on any atom is -0.494 e. The van der Waals surface area contributed by atoms with Crippen molar-refractivity contribution in [2.24, 2.45) is 0 Å². The van der Waals surface area contributed by atoms with Crippen LogP contribution in [0.15, 0.2) is 66.9 Å². The summed E-state index contributed by atoms with van der Waals surface area (Å²) in [6, 6.07) is 15.2. The van der Waals surface area contributed by atoms with Crippen LogP contribution in [0.5, 0.6) is 11.5 Å². The van der Waals surface area contributed by atoms with E-state index in [1.54, 1.807) is 42.5 Å².